The fourth-order valence-electron chi connectivity index (χ4n) is 3.83. The summed E-state index contributed by atoms with van der Waals surface area (Å²) in [6, 6.07) is 16.3. The predicted molar refractivity (Wildman–Crippen MR) is 115 cm³/mol. The quantitative estimate of drug-likeness (QED) is 0.664. The van der Waals surface area contributed by atoms with Gasteiger partial charge in [0.25, 0.3) is 0 Å². The van der Waals surface area contributed by atoms with Crippen LogP contribution in [0.15, 0.2) is 48.5 Å². The molecule has 1 fully saturated rings. The van der Waals surface area contributed by atoms with Crippen LogP contribution in [0.2, 0.25) is 0 Å². The Labute approximate surface area is 174 Å². The summed E-state index contributed by atoms with van der Waals surface area (Å²) >= 11 is 0. The minimum absolute atomic E-state index is 0.0328. The second-order valence-corrected chi connectivity index (χ2v) is 7.30. The average molecular weight is 397 g/mol. The van der Waals surface area contributed by atoms with Crippen LogP contribution in [0.5, 0.6) is 11.5 Å². The SMILES string of the molecule is CCOc1ccc(CCNC(=O)[C@@H]2CCCN2Cc2ccccc2)cc1OCC. The first-order valence-electron chi connectivity index (χ1n) is 10.7. The molecule has 5 nitrogen and oxygen atoms in total. The van der Waals surface area contributed by atoms with Gasteiger partial charge in [-0.25, -0.2) is 0 Å². The van der Waals surface area contributed by atoms with Crippen molar-refractivity contribution in [2.45, 2.75) is 45.7 Å². The Hall–Kier alpha value is -2.53. The number of carbonyl (C=O) groups is 1. The van der Waals surface area contributed by atoms with Crippen LogP contribution >= 0.6 is 0 Å². The number of carbonyl (C=O) groups excluding carboxylic acids is 1. The molecule has 3 rings (SSSR count). The van der Waals surface area contributed by atoms with E-state index in [2.05, 4.69) is 22.3 Å². The molecule has 1 atom stereocenters. The molecule has 0 radical (unpaired) electrons. The molecule has 2 aromatic rings. The first kappa shape index (κ1) is 21.2. The zero-order chi connectivity index (χ0) is 20.5. The lowest BCUT2D eigenvalue weighted by molar-refractivity contribution is -0.125. The van der Waals surface area contributed by atoms with Crippen molar-refractivity contribution in [3.8, 4) is 11.5 Å². The number of hydrogen-bond acceptors (Lipinski definition) is 4. The molecular formula is C24H32N2O3. The van der Waals surface area contributed by atoms with Crippen molar-refractivity contribution in [2.75, 3.05) is 26.3 Å². The molecule has 1 aliphatic heterocycles. The lowest BCUT2D eigenvalue weighted by Crippen LogP contribution is -2.43. The van der Waals surface area contributed by atoms with Gasteiger partial charge >= 0.3 is 0 Å². The molecule has 0 aliphatic carbocycles. The Morgan fingerprint density at radius 1 is 1.03 bits per heavy atom. The summed E-state index contributed by atoms with van der Waals surface area (Å²) < 4.78 is 11.3. The van der Waals surface area contributed by atoms with Crippen molar-refractivity contribution in [2.24, 2.45) is 0 Å². The molecule has 0 saturated carbocycles. The van der Waals surface area contributed by atoms with Crippen LogP contribution in [0.25, 0.3) is 0 Å². The van der Waals surface area contributed by atoms with E-state index in [1.165, 1.54) is 5.56 Å². The van der Waals surface area contributed by atoms with Gasteiger partial charge < -0.3 is 14.8 Å². The van der Waals surface area contributed by atoms with Crippen molar-refractivity contribution < 1.29 is 14.3 Å². The molecule has 1 N–H and O–H groups in total. The summed E-state index contributed by atoms with van der Waals surface area (Å²) in [6.07, 6.45) is 2.77. The van der Waals surface area contributed by atoms with E-state index in [1.54, 1.807) is 0 Å². The highest BCUT2D eigenvalue weighted by molar-refractivity contribution is 5.82. The minimum atomic E-state index is -0.0328. The number of amides is 1. The van der Waals surface area contributed by atoms with Gasteiger partial charge in [0.1, 0.15) is 0 Å². The Bertz CT molecular complexity index is 779. The van der Waals surface area contributed by atoms with E-state index in [4.69, 9.17) is 9.47 Å². The smallest absolute Gasteiger partial charge is 0.237 e. The molecule has 1 amide bonds. The van der Waals surface area contributed by atoms with Crippen LogP contribution in [-0.4, -0.2) is 43.2 Å². The standard InChI is InChI=1S/C24H32N2O3/c1-3-28-22-13-12-19(17-23(22)29-4-2)14-15-25-24(27)21-11-8-16-26(21)18-20-9-6-5-7-10-20/h5-7,9-10,12-13,17,21H,3-4,8,11,14-16,18H2,1-2H3,(H,25,27)/t21-/m0/s1. The van der Waals surface area contributed by atoms with Crippen molar-refractivity contribution in [3.63, 3.8) is 0 Å². The molecule has 0 spiro atoms. The zero-order valence-electron chi connectivity index (χ0n) is 17.5. The van der Waals surface area contributed by atoms with Crippen LogP contribution in [0.1, 0.15) is 37.8 Å². The van der Waals surface area contributed by atoms with Crippen LogP contribution in [0, 0.1) is 0 Å². The van der Waals surface area contributed by atoms with Gasteiger partial charge in [0.2, 0.25) is 5.91 Å². The Kier molecular flexibility index (Phi) is 7.94. The van der Waals surface area contributed by atoms with Gasteiger partial charge in [0.15, 0.2) is 11.5 Å². The van der Waals surface area contributed by atoms with Gasteiger partial charge in [0.05, 0.1) is 19.3 Å². The van der Waals surface area contributed by atoms with E-state index in [0.29, 0.717) is 19.8 Å². The van der Waals surface area contributed by atoms with Crippen molar-refractivity contribution >= 4 is 5.91 Å². The van der Waals surface area contributed by atoms with Crippen LogP contribution < -0.4 is 14.8 Å². The summed E-state index contributed by atoms with van der Waals surface area (Å²) in [5, 5.41) is 3.13. The average Bonchev–Trinajstić information content (AvgIpc) is 3.19. The lowest BCUT2D eigenvalue weighted by atomic mass is 10.1. The van der Waals surface area contributed by atoms with Crippen LogP contribution in [0.4, 0.5) is 0 Å². The molecular weight excluding hydrogens is 364 g/mol. The molecule has 0 bridgehead atoms. The molecule has 0 unspecified atom stereocenters. The normalized spacial score (nSPS) is 16.6. The summed E-state index contributed by atoms with van der Waals surface area (Å²) in [6.45, 7) is 7.55. The van der Waals surface area contributed by atoms with Gasteiger partial charge in [-0.15, -0.1) is 0 Å². The molecule has 2 aromatic carbocycles. The second-order valence-electron chi connectivity index (χ2n) is 7.30. The minimum Gasteiger partial charge on any atom is -0.490 e. The van der Waals surface area contributed by atoms with E-state index in [-0.39, 0.29) is 11.9 Å². The third-order valence-electron chi connectivity index (χ3n) is 5.22. The highest BCUT2D eigenvalue weighted by Crippen LogP contribution is 2.28. The molecule has 156 valence electrons. The number of benzene rings is 2. The predicted octanol–water partition coefficient (Wildman–Crippen LogP) is 3.81. The van der Waals surface area contributed by atoms with E-state index < -0.39 is 0 Å². The summed E-state index contributed by atoms with van der Waals surface area (Å²) in [5.41, 5.74) is 2.38. The van der Waals surface area contributed by atoms with E-state index in [1.807, 2.05) is 50.2 Å². The molecule has 29 heavy (non-hydrogen) atoms. The Balaban J connectivity index is 1.52. The summed E-state index contributed by atoms with van der Waals surface area (Å²) in [5.74, 6) is 1.67. The number of likely N-dealkylation sites (tertiary alicyclic amines) is 1. The summed E-state index contributed by atoms with van der Waals surface area (Å²) in [7, 11) is 0. The van der Waals surface area contributed by atoms with Gasteiger partial charge in [-0.1, -0.05) is 36.4 Å². The first-order chi connectivity index (χ1) is 14.2. The third-order valence-corrected chi connectivity index (χ3v) is 5.22. The van der Waals surface area contributed by atoms with Gasteiger partial charge in [-0.3, -0.25) is 9.69 Å². The molecule has 5 heteroatoms. The van der Waals surface area contributed by atoms with Gasteiger partial charge in [0, 0.05) is 13.1 Å². The zero-order valence-corrected chi connectivity index (χ0v) is 17.5. The Morgan fingerprint density at radius 3 is 2.55 bits per heavy atom. The van der Waals surface area contributed by atoms with Crippen LogP contribution in [0.3, 0.4) is 0 Å². The molecule has 0 aromatic heterocycles. The van der Waals surface area contributed by atoms with Crippen LogP contribution in [-0.2, 0) is 17.8 Å². The summed E-state index contributed by atoms with van der Waals surface area (Å²) in [4.78, 5) is 15.0. The first-order valence-corrected chi connectivity index (χ1v) is 10.7. The topological polar surface area (TPSA) is 50.8 Å². The third kappa shape index (κ3) is 5.97. The fraction of sp³-hybridized carbons (Fsp3) is 0.458. The number of rotatable bonds is 10. The highest BCUT2D eigenvalue weighted by Gasteiger charge is 2.30. The lowest BCUT2D eigenvalue weighted by Gasteiger charge is -2.23. The largest absolute Gasteiger partial charge is 0.490 e. The van der Waals surface area contributed by atoms with Crippen molar-refractivity contribution in [3.05, 3.63) is 59.7 Å². The maximum atomic E-state index is 12.7. The second kappa shape index (κ2) is 10.9. The molecule has 1 aliphatic rings. The van der Waals surface area contributed by atoms with E-state index in [9.17, 15) is 4.79 Å². The number of hydrogen-bond donors (Lipinski definition) is 1. The van der Waals surface area contributed by atoms with E-state index in [0.717, 1.165) is 49.4 Å². The number of nitrogens with one attached hydrogen (secondary N) is 1. The monoisotopic (exact) mass is 396 g/mol. The number of ether oxygens (including phenoxy) is 2. The highest BCUT2D eigenvalue weighted by atomic mass is 16.5. The fourth-order valence-corrected chi connectivity index (χ4v) is 3.83. The van der Waals surface area contributed by atoms with Gasteiger partial charge in [-0.2, -0.15) is 0 Å². The maximum Gasteiger partial charge on any atom is 0.237 e. The molecule has 1 heterocycles. The van der Waals surface area contributed by atoms with Crippen molar-refractivity contribution in [1.29, 1.82) is 0 Å². The molecule has 1 saturated heterocycles. The van der Waals surface area contributed by atoms with E-state index >= 15 is 0 Å². The van der Waals surface area contributed by atoms with Crippen molar-refractivity contribution in [1.82, 2.24) is 10.2 Å². The Morgan fingerprint density at radius 2 is 1.79 bits per heavy atom. The van der Waals surface area contributed by atoms with Gasteiger partial charge in [-0.05, 0) is 62.9 Å². The maximum absolute atomic E-state index is 12.7. The number of nitrogens with zero attached hydrogens (tertiary/aromatic N) is 1.